The van der Waals surface area contributed by atoms with Gasteiger partial charge >= 0.3 is 0 Å². The molecule has 3 aliphatic rings. The Labute approximate surface area is 173 Å². The van der Waals surface area contributed by atoms with Gasteiger partial charge in [-0.2, -0.15) is 0 Å². The SMILES string of the molecule is CN=C(NCCc1nnc2n1CCCCC2)N1CCC2(CCOC2)C1.I. The van der Waals surface area contributed by atoms with Crippen molar-refractivity contribution in [1.29, 1.82) is 0 Å². The van der Waals surface area contributed by atoms with Gasteiger partial charge in [-0.1, -0.05) is 6.42 Å². The molecule has 146 valence electrons. The van der Waals surface area contributed by atoms with E-state index in [1.54, 1.807) is 0 Å². The molecule has 1 atom stereocenters. The number of aliphatic imine (C=N–C) groups is 1. The summed E-state index contributed by atoms with van der Waals surface area (Å²) in [5, 5.41) is 12.3. The second-order valence-electron chi connectivity index (χ2n) is 7.69. The van der Waals surface area contributed by atoms with Crippen LogP contribution in [0.3, 0.4) is 0 Å². The Balaban J connectivity index is 0.00000196. The smallest absolute Gasteiger partial charge is 0.193 e. The topological polar surface area (TPSA) is 67.6 Å². The second-order valence-corrected chi connectivity index (χ2v) is 7.69. The van der Waals surface area contributed by atoms with E-state index in [1.165, 1.54) is 37.9 Å². The van der Waals surface area contributed by atoms with Gasteiger partial charge in [0.1, 0.15) is 11.6 Å². The van der Waals surface area contributed by atoms with E-state index in [9.17, 15) is 0 Å². The van der Waals surface area contributed by atoms with Crippen LogP contribution in [0.15, 0.2) is 4.99 Å². The van der Waals surface area contributed by atoms with E-state index < -0.39 is 0 Å². The summed E-state index contributed by atoms with van der Waals surface area (Å²) in [6.45, 7) is 5.88. The Morgan fingerprint density at radius 3 is 2.96 bits per heavy atom. The highest BCUT2D eigenvalue weighted by atomic mass is 127. The molecule has 1 N–H and O–H groups in total. The number of nitrogens with zero attached hydrogens (tertiary/aromatic N) is 5. The summed E-state index contributed by atoms with van der Waals surface area (Å²) in [5.74, 6) is 3.29. The van der Waals surface area contributed by atoms with E-state index in [0.717, 1.165) is 64.0 Å². The molecular formula is C18H31IN6O. The van der Waals surface area contributed by atoms with Crippen molar-refractivity contribution in [2.75, 3.05) is 39.9 Å². The molecule has 1 aromatic rings. The number of rotatable bonds is 3. The van der Waals surface area contributed by atoms with Gasteiger partial charge in [-0.15, -0.1) is 34.2 Å². The number of guanidine groups is 1. The van der Waals surface area contributed by atoms with Gasteiger partial charge in [0.2, 0.25) is 0 Å². The normalized spacial score (nSPS) is 25.9. The van der Waals surface area contributed by atoms with Gasteiger partial charge in [0.05, 0.1) is 6.61 Å². The predicted molar refractivity (Wildman–Crippen MR) is 112 cm³/mol. The molecule has 0 aliphatic carbocycles. The standard InChI is InChI=1S/C18H30N6O.HI/c1-19-17(23-11-7-18(13-23)8-12-25-14-18)20-9-6-16-22-21-15-5-3-2-4-10-24(15)16;/h2-14H2,1H3,(H,19,20);1H. The molecule has 0 saturated carbocycles. The maximum atomic E-state index is 5.63. The Morgan fingerprint density at radius 2 is 2.15 bits per heavy atom. The van der Waals surface area contributed by atoms with Crippen LogP contribution in [0.4, 0.5) is 0 Å². The van der Waals surface area contributed by atoms with Gasteiger partial charge in [0.15, 0.2) is 5.96 Å². The number of likely N-dealkylation sites (tertiary alicyclic amines) is 1. The van der Waals surface area contributed by atoms with Crippen LogP contribution < -0.4 is 5.32 Å². The largest absolute Gasteiger partial charge is 0.381 e. The van der Waals surface area contributed by atoms with Gasteiger partial charge in [-0.05, 0) is 25.7 Å². The number of ether oxygens (including phenoxy) is 1. The molecule has 26 heavy (non-hydrogen) atoms. The number of aromatic nitrogens is 3. The number of halogens is 1. The molecule has 2 fully saturated rings. The summed E-state index contributed by atoms with van der Waals surface area (Å²) in [6, 6.07) is 0. The monoisotopic (exact) mass is 474 g/mol. The Morgan fingerprint density at radius 1 is 1.23 bits per heavy atom. The molecule has 0 amide bonds. The number of hydrogen-bond acceptors (Lipinski definition) is 4. The predicted octanol–water partition coefficient (Wildman–Crippen LogP) is 1.85. The van der Waals surface area contributed by atoms with E-state index in [2.05, 4.69) is 30.0 Å². The van der Waals surface area contributed by atoms with Gasteiger partial charge in [-0.3, -0.25) is 4.99 Å². The molecule has 1 aromatic heterocycles. The minimum absolute atomic E-state index is 0. The molecule has 4 rings (SSSR count). The van der Waals surface area contributed by atoms with E-state index in [4.69, 9.17) is 4.74 Å². The molecule has 8 heteroatoms. The van der Waals surface area contributed by atoms with Crippen LogP contribution in [0.2, 0.25) is 0 Å². The van der Waals surface area contributed by atoms with Crippen LogP contribution in [0.1, 0.15) is 43.8 Å². The highest BCUT2D eigenvalue weighted by Gasteiger charge is 2.42. The first-order valence-electron chi connectivity index (χ1n) is 9.74. The fraction of sp³-hybridized carbons (Fsp3) is 0.833. The average molecular weight is 474 g/mol. The van der Waals surface area contributed by atoms with Gasteiger partial charge in [0.25, 0.3) is 0 Å². The molecule has 1 spiro atoms. The third-order valence-corrected chi connectivity index (χ3v) is 5.95. The third-order valence-electron chi connectivity index (χ3n) is 5.95. The Hall–Kier alpha value is -0.900. The molecule has 2 saturated heterocycles. The van der Waals surface area contributed by atoms with Crippen LogP contribution in [0, 0.1) is 5.41 Å². The van der Waals surface area contributed by atoms with Crippen molar-refractivity contribution in [3.8, 4) is 0 Å². The van der Waals surface area contributed by atoms with E-state index >= 15 is 0 Å². The summed E-state index contributed by atoms with van der Waals surface area (Å²) in [6.07, 6.45) is 8.15. The first kappa shape index (κ1) is 19.9. The van der Waals surface area contributed by atoms with Crippen LogP contribution >= 0.6 is 24.0 Å². The molecule has 0 radical (unpaired) electrons. The molecule has 1 unspecified atom stereocenters. The van der Waals surface area contributed by atoms with Gasteiger partial charge in [-0.25, -0.2) is 0 Å². The molecule has 0 aromatic carbocycles. The molecule has 7 nitrogen and oxygen atoms in total. The lowest BCUT2D eigenvalue weighted by atomic mass is 9.87. The zero-order chi connectivity index (χ0) is 17.1. The first-order chi connectivity index (χ1) is 12.3. The minimum Gasteiger partial charge on any atom is -0.381 e. The highest BCUT2D eigenvalue weighted by Crippen LogP contribution is 2.38. The summed E-state index contributed by atoms with van der Waals surface area (Å²) in [5.41, 5.74) is 0.363. The van der Waals surface area contributed by atoms with Crippen molar-refractivity contribution >= 4 is 29.9 Å². The molecule has 3 aliphatic heterocycles. The zero-order valence-corrected chi connectivity index (χ0v) is 18.1. The molecular weight excluding hydrogens is 443 g/mol. The average Bonchev–Trinajstić information content (AvgIpc) is 3.31. The van der Waals surface area contributed by atoms with Gasteiger partial charge < -0.3 is 19.5 Å². The van der Waals surface area contributed by atoms with E-state index in [1.807, 2.05) is 7.05 Å². The lowest BCUT2D eigenvalue weighted by Gasteiger charge is -2.24. The maximum Gasteiger partial charge on any atom is 0.193 e. The zero-order valence-electron chi connectivity index (χ0n) is 15.7. The summed E-state index contributed by atoms with van der Waals surface area (Å²) < 4.78 is 7.96. The lowest BCUT2D eigenvalue weighted by molar-refractivity contribution is 0.156. The number of hydrogen-bond donors (Lipinski definition) is 1. The quantitative estimate of drug-likeness (QED) is 0.412. The summed E-state index contributed by atoms with van der Waals surface area (Å²) in [4.78, 5) is 6.88. The van der Waals surface area contributed by atoms with Crippen molar-refractivity contribution in [2.45, 2.75) is 51.5 Å². The third kappa shape index (κ3) is 4.16. The first-order valence-corrected chi connectivity index (χ1v) is 9.74. The maximum absolute atomic E-state index is 5.63. The molecule has 0 bridgehead atoms. The fourth-order valence-corrected chi connectivity index (χ4v) is 4.44. The second kappa shape index (κ2) is 8.86. The van der Waals surface area contributed by atoms with Crippen molar-refractivity contribution in [2.24, 2.45) is 10.4 Å². The lowest BCUT2D eigenvalue weighted by Crippen LogP contribution is -2.42. The molecule has 4 heterocycles. The van der Waals surface area contributed by atoms with Gasteiger partial charge in [0, 0.05) is 58.1 Å². The van der Waals surface area contributed by atoms with E-state index in [0.29, 0.717) is 5.41 Å². The van der Waals surface area contributed by atoms with Crippen molar-refractivity contribution < 1.29 is 4.74 Å². The van der Waals surface area contributed by atoms with E-state index in [-0.39, 0.29) is 24.0 Å². The van der Waals surface area contributed by atoms with Crippen molar-refractivity contribution in [1.82, 2.24) is 25.0 Å². The minimum atomic E-state index is 0. The van der Waals surface area contributed by atoms with Crippen LogP contribution in [-0.2, 0) is 24.1 Å². The Kier molecular flexibility index (Phi) is 6.76. The number of aryl methyl sites for hydroxylation is 1. The fourth-order valence-electron chi connectivity index (χ4n) is 4.44. The summed E-state index contributed by atoms with van der Waals surface area (Å²) in [7, 11) is 1.88. The summed E-state index contributed by atoms with van der Waals surface area (Å²) >= 11 is 0. The Bertz CT molecular complexity index is 625. The van der Waals surface area contributed by atoms with Crippen LogP contribution in [0.5, 0.6) is 0 Å². The number of nitrogens with one attached hydrogen (secondary N) is 1. The van der Waals surface area contributed by atoms with Crippen LogP contribution in [-0.4, -0.2) is 65.5 Å². The van der Waals surface area contributed by atoms with Crippen molar-refractivity contribution in [3.05, 3.63) is 11.6 Å². The number of fused-ring (bicyclic) bond motifs is 1. The van der Waals surface area contributed by atoms with Crippen molar-refractivity contribution in [3.63, 3.8) is 0 Å². The highest BCUT2D eigenvalue weighted by molar-refractivity contribution is 14.0. The van der Waals surface area contributed by atoms with Crippen LogP contribution in [0.25, 0.3) is 0 Å².